The van der Waals surface area contributed by atoms with Crippen molar-refractivity contribution in [3.8, 4) is 0 Å². The molecule has 2 heterocycles. The normalized spacial score (nSPS) is 22.2. The summed E-state index contributed by atoms with van der Waals surface area (Å²) in [6, 6.07) is 5.31. The van der Waals surface area contributed by atoms with Crippen molar-refractivity contribution in [1.82, 2.24) is 0 Å². The number of anilines is 1. The quantitative estimate of drug-likeness (QED) is 0.781. The highest BCUT2D eigenvalue weighted by Gasteiger charge is 2.37. The van der Waals surface area contributed by atoms with Crippen molar-refractivity contribution < 1.29 is 19.2 Å². The maximum atomic E-state index is 12.2. The Kier molecular flexibility index (Phi) is 3.67. The molecule has 6 heteroatoms. The third kappa shape index (κ3) is 2.41. The number of thioether (sulfide) groups is 1. The van der Waals surface area contributed by atoms with E-state index in [1.54, 1.807) is 23.9 Å². The zero-order valence-electron chi connectivity index (χ0n) is 11.3. The molecule has 3 rings (SSSR count). The lowest BCUT2D eigenvalue weighted by molar-refractivity contribution is -0.888. The highest BCUT2D eigenvalue weighted by molar-refractivity contribution is 8.00. The lowest BCUT2D eigenvalue weighted by Gasteiger charge is -2.28. The van der Waals surface area contributed by atoms with Crippen molar-refractivity contribution in [3.63, 3.8) is 0 Å². The summed E-state index contributed by atoms with van der Waals surface area (Å²) < 4.78 is 4.69. The zero-order valence-corrected chi connectivity index (χ0v) is 12.1. The van der Waals surface area contributed by atoms with Gasteiger partial charge in [-0.1, -0.05) is 11.8 Å². The zero-order chi connectivity index (χ0) is 14.1. The first-order valence-electron chi connectivity index (χ1n) is 6.73. The van der Waals surface area contributed by atoms with E-state index in [1.165, 1.54) is 24.9 Å². The largest absolute Gasteiger partial charge is 0.465 e. The van der Waals surface area contributed by atoms with Crippen LogP contribution in [0.15, 0.2) is 23.1 Å². The van der Waals surface area contributed by atoms with Crippen LogP contribution in [-0.4, -0.2) is 37.4 Å². The molecule has 106 valence electrons. The maximum Gasteiger partial charge on any atom is 0.337 e. The van der Waals surface area contributed by atoms with Crippen LogP contribution in [0.1, 0.15) is 23.2 Å². The van der Waals surface area contributed by atoms with Crippen molar-refractivity contribution in [1.29, 1.82) is 0 Å². The minimum Gasteiger partial charge on any atom is -0.465 e. The van der Waals surface area contributed by atoms with Crippen LogP contribution in [0.4, 0.5) is 5.69 Å². The molecule has 0 bridgehead atoms. The number of carbonyl (C=O) groups excluding carboxylic acids is 2. The molecule has 0 aliphatic carbocycles. The maximum absolute atomic E-state index is 12.2. The van der Waals surface area contributed by atoms with Gasteiger partial charge in [0, 0.05) is 17.7 Å². The Labute approximate surface area is 121 Å². The molecule has 0 saturated carbocycles. The molecule has 1 aromatic carbocycles. The predicted molar refractivity (Wildman–Crippen MR) is 76.0 cm³/mol. The summed E-state index contributed by atoms with van der Waals surface area (Å²) in [6.07, 6.45) is 2.38. The highest BCUT2D eigenvalue weighted by Crippen LogP contribution is 2.34. The monoisotopic (exact) mass is 293 g/mol. The van der Waals surface area contributed by atoms with Crippen molar-refractivity contribution in [2.75, 3.05) is 25.5 Å². The fourth-order valence-electron chi connectivity index (χ4n) is 2.71. The molecule has 0 radical (unpaired) electrons. The van der Waals surface area contributed by atoms with E-state index in [2.05, 4.69) is 5.32 Å². The van der Waals surface area contributed by atoms with E-state index < -0.39 is 0 Å². The van der Waals surface area contributed by atoms with Crippen molar-refractivity contribution in [3.05, 3.63) is 23.8 Å². The molecule has 0 spiro atoms. The summed E-state index contributed by atoms with van der Waals surface area (Å²) in [7, 11) is 1.35. The van der Waals surface area contributed by atoms with Crippen LogP contribution in [0.3, 0.4) is 0 Å². The molecule has 2 aliphatic heterocycles. The van der Waals surface area contributed by atoms with Gasteiger partial charge < -0.3 is 15.0 Å². The number of hydrogen-bond acceptors (Lipinski definition) is 4. The van der Waals surface area contributed by atoms with Gasteiger partial charge in [0.1, 0.15) is 0 Å². The first-order chi connectivity index (χ1) is 9.69. The standard InChI is InChI=1S/C14H16N2O3S/c1-19-14(18)9-4-5-11-10(8-9)15-12(17)13(20-11)16-6-2-3-7-16/h4-5,8,13H,2-3,6-7H2,1H3,(H,15,17)/p+1. The molecule has 5 nitrogen and oxygen atoms in total. The minimum atomic E-state index is -0.389. The number of rotatable bonds is 2. The average molecular weight is 293 g/mol. The highest BCUT2D eigenvalue weighted by atomic mass is 32.2. The first kappa shape index (κ1) is 13.5. The summed E-state index contributed by atoms with van der Waals surface area (Å²) in [6.45, 7) is 2.11. The number of carbonyl (C=O) groups is 2. The number of fused-ring (bicyclic) bond motifs is 1. The van der Waals surface area contributed by atoms with E-state index in [0.717, 1.165) is 18.0 Å². The summed E-state index contributed by atoms with van der Waals surface area (Å²) in [4.78, 5) is 26.1. The van der Waals surface area contributed by atoms with Gasteiger partial charge in [0.25, 0.3) is 5.91 Å². The summed E-state index contributed by atoms with van der Waals surface area (Å²) in [5.41, 5.74) is 1.16. The van der Waals surface area contributed by atoms with E-state index in [-0.39, 0.29) is 17.3 Å². The second-order valence-electron chi connectivity index (χ2n) is 5.06. The molecule has 1 amide bonds. The second kappa shape index (κ2) is 5.46. The number of benzene rings is 1. The van der Waals surface area contributed by atoms with Gasteiger partial charge in [-0.25, -0.2) is 4.79 Å². The van der Waals surface area contributed by atoms with Crippen molar-refractivity contribution >= 4 is 29.3 Å². The van der Waals surface area contributed by atoms with Crippen molar-refractivity contribution in [2.24, 2.45) is 0 Å². The van der Waals surface area contributed by atoms with Gasteiger partial charge in [-0.05, 0) is 18.2 Å². The van der Waals surface area contributed by atoms with Crippen LogP contribution in [0.2, 0.25) is 0 Å². The van der Waals surface area contributed by atoms with Gasteiger partial charge in [0.2, 0.25) is 5.37 Å². The molecule has 2 N–H and O–H groups in total. The molecule has 1 unspecified atom stereocenters. The van der Waals surface area contributed by atoms with Crippen molar-refractivity contribution in [2.45, 2.75) is 23.1 Å². The van der Waals surface area contributed by atoms with E-state index in [0.29, 0.717) is 11.3 Å². The van der Waals surface area contributed by atoms with Crippen LogP contribution in [-0.2, 0) is 9.53 Å². The molecular weight excluding hydrogens is 276 g/mol. The number of hydrogen-bond donors (Lipinski definition) is 2. The Bertz CT molecular complexity index is 555. The van der Waals surface area contributed by atoms with E-state index in [4.69, 9.17) is 4.74 Å². The lowest BCUT2D eigenvalue weighted by Crippen LogP contribution is -3.14. The van der Waals surface area contributed by atoms with Gasteiger partial charge in [-0.2, -0.15) is 0 Å². The van der Waals surface area contributed by atoms with Gasteiger partial charge in [-0.3, -0.25) is 4.79 Å². The molecule has 1 fully saturated rings. The smallest absolute Gasteiger partial charge is 0.337 e. The molecule has 2 aliphatic rings. The lowest BCUT2D eigenvalue weighted by atomic mass is 10.2. The Morgan fingerprint density at radius 3 is 2.85 bits per heavy atom. The number of quaternary nitrogens is 1. The second-order valence-corrected chi connectivity index (χ2v) is 6.20. The number of esters is 1. The molecule has 1 aromatic rings. The number of nitrogens with one attached hydrogen (secondary N) is 2. The first-order valence-corrected chi connectivity index (χ1v) is 7.61. The summed E-state index contributed by atoms with van der Waals surface area (Å²) in [5.74, 6) is -0.360. The third-order valence-electron chi connectivity index (χ3n) is 3.76. The molecule has 1 atom stereocenters. The van der Waals surface area contributed by atoms with Gasteiger partial charge in [0.15, 0.2) is 0 Å². The SMILES string of the molecule is COC(=O)c1ccc2c(c1)NC(=O)C([NH+]1CCCC1)S2. The fraction of sp³-hybridized carbons (Fsp3) is 0.429. The van der Waals surface area contributed by atoms with Gasteiger partial charge >= 0.3 is 5.97 Å². The number of likely N-dealkylation sites (tertiary alicyclic amines) is 1. The van der Waals surface area contributed by atoms with Crippen LogP contribution < -0.4 is 10.2 Å². The van der Waals surface area contributed by atoms with Crippen LogP contribution in [0, 0.1) is 0 Å². The molecule has 0 aromatic heterocycles. The number of methoxy groups -OCH3 is 1. The fourth-order valence-corrected chi connectivity index (χ4v) is 3.92. The van der Waals surface area contributed by atoms with Gasteiger partial charge in [-0.15, -0.1) is 0 Å². The summed E-state index contributed by atoms with van der Waals surface area (Å²) >= 11 is 1.59. The Balaban J connectivity index is 1.84. The van der Waals surface area contributed by atoms with Crippen LogP contribution >= 0.6 is 11.8 Å². The number of amides is 1. The van der Waals surface area contributed by atoms with Gasteiger partial charge in [0.05, 0.1) is 31.5 Å². The van der Waals surface area contributed by atoms with Crippen LogP contribution in [0.25, 0.3) is 0 Å². The van der Waals surface area contributed by atoms with E-state index in [1.807, 2.05) is 6.07 Å². The Hall–Kier alpha value is -1.53. The molecular formula is C14H17N2O3S+. The van der Waals surface area contributed by atoms with E-state index in [9.17, 15) is 9.59 Å². The predicted octanol–water partition coefficient (Wildman–Crippen LogP) is 0.522. The van der Waals surface area contributed by atoms with Crippen LogP contribution in [0.5, 0.6) is 0 Å². The Morgan fingerprint density at radius 1 is 1.40 bits per heavy atom. The third-order valence-corrected chi connectivity index (χ3v) is 5.15. The topological polar surface area (TPSA) is 59.8 Å². The van der Waals surface area contributed by atoms with E-state index >= 15 is 0 Å². The molecule has 20 heavy (non-hydrogen) atoms. The summed E-state index contributed by atoms with van der Waals surface area (Å²) in [5, 5.41) is 2.84. The Morgan fingerprint density at radius 2 is 2.15 bits per heavy atom. The average Bonchev–Trinajstić information content (AvgIpc) is 2.99. The number of ether oxygens (including phenoxy) is 1. The minimum absolute atomic E-state index is 0.0291. The molecule has 1 saturated heterocycles.